The van der Waals surface area contributed by atoms with E-state index >= 15 is 0 Å². The summed E-state index contributed by atoms with van der Waals surface area (Å²) < 4.78 is 7.44. The molecule has 0 radical (unpaired) electrons. The van der Waals surface area contributed by atoms with E-state index in [-0.39, 0.29) is 5.97 Å². The van der Waals surface area contributed by atoms with Gasteiger partial charge in [0.2, 0.25) is 0 Å². The van der Waals surface area contributed by atoms with Crippen LogP contribution in [0.4, 0.5) is 0 Å². The minimum Gasteiger partial charge on any atom is -0.461 e. The fraction of sp³-hybridized carbons (Fsp3) is 0.556. The van der Waals surface area contributed by atoms with Gasteiger partial charge in [-0.25, -0.2) is 4.79 Å². The number of aryl methyl sites for hydroxylation is 1. The number of carbonyl (C=O) groups excluding carboxylic acids is 1. The molecule has 5 heteroatoms. The minimum absolute atomic E-state index is 0.295. The van der Waals surface area contributed by atoms with Gasteiger partial charge in [0.1, 0.15) is 9.39 Å². The van der Waals surface area contributed by atoms with E-state index in [4.69, 9.17) is 4.74 Å². The highest BCUT2D eigenvalue weighted by atomic mass is 127. The van der Waals surface area contributed by atoms with Gasteiger partial charge in [-0.3, -0.25) is 4.68 Å². The molecule has 78 valence electrons. The van der Waals surface area contributed by atoms with Crippen LogP contribution >= 0.6 is 22.6 Å². The van der Waals surface area contributed by atoms with E-state index in [9.17, 15) is 4.79 Å². The van der Waals surface area contributed by atoms with Crippen LogP contribution in [0.25, 0.3) is 0 Å². The molecule has 1 aromatic heterocycles. The summed E-state index contributed by atoms with van der Waals surface area (Å²) in [6, 6.07) is 1.74. The molecule has 1 aromatic rings. The lowest BCUT2D eigenvalue weighted by Crippen LogP contribution is -2.13. The predicted octanol–water partition coefficient (Wildman–Crippen LogP) is 2.07. The third-order valence-electron chi connectivity index (χ3n) is 1.67. The van der Waals surface area contributed by atoms with Crippen LogP contribution < -0.4 is 0 Å². The first-order valence-corrected chi connectivity index (χ1v) is 5.67. The highest BCUT2D eigenvalue weighted by Gasteiger charge is 2.14. The maximum absolute atomic E-state index is 11.5. The Morgan fingerprint density at radius 2 is 2.36 bits per heavy atom. The number of halogens is 1. The Kier molecular flexibility index (Phi) is 4.37. The van der Waals surface area contributed by atoms with Gasteiger partial charge in [0.05, 0.1) is 6.61 Å². The molecule has 0 spiro atoms. The number of nitrogens with zero attached hydrogens (tertiary/aromatic N) is 2. The van der Waals surface area contributed by atoms with Crippen LogP contribution in [0.15, 0.2) is 6.07 Å². The second kappa shape index (κ2) is 5.33. The maximum atomic E-state index is 11.5. The Hall–Kier alpha value is -0.590. The standard InChI is InChI=1S/C9H13IN2O2/c1-3-5-12-7(6-8(10)11-12)9(13)14-4-2/h6H,3-5H2,1-2H3. The average Bonchev–Trinajstić information content (AvgIpc) is 2.48. The van der Waals surface area contributed by atoms with Crippen molar-refractivity contribution in [1.29, 1.82) is 0 Å². The Morgan fingerprint density at radius 3 is 2.93 bits per heavy atom. The summed E-state index contributed by atoms with van der Waals surface area (Å²) in [5, 5.41) is 4.21. The number of hydrogen-bond acceptors (Lipinski definition) is 3. The molecule has 0 saturated carbocycles. The highest BCUT2D eigenvalue weighted by Crippen LogP contribution is 2.09. The third kappa shape index (κ3) is 2.70. The first-order chi connectivity index (χ1) is 6.69. The van der Waals surface area contributed by atoms with Crippen LogP contribution in [-0.4, -0.2) is 22.4 Å². The number of rotatable bonds is 4. The molecule has 0 aliphatic carbocycles. The van der Waals surface area contributed by atoms with Gasteiger partial charge in [-0.1, -0.05) is 6.92 Å². The molecule has 14 heavy (non-hydrogen) atoms. The van der Waals surface area contributed by atoms with E-state index in [1.54, 1.807) is 17.7 Å². The lowest BCUT2D eigenvalue weighted by Gasteiger charge is -2.04. The number of carbonyl (C=O) groups is 1. The van der Waals surface area contributed by atoms with E-state index in [2.05, 4.69) is 27.7 Å². The lowest BCUT2D eigenvalue weighted by atomic mass is 10.4. The summed E-state index contributed by atoms with van der Waals surface area (Å²) in [7, 11) is 0. The molecule has 1 rings (SSSR count). The second-order valence-corrected chi connectivity index (χ2v) is 3.90. The van der Waals surface area contributed by atoms with Gasteiger partial charge in [-0.2, -0.15) is 5.10 Å². The molecule has 4 nitrogen and oxygen atoms in total. The Balaban J connectivity index is 2.88. The first-order valence-electron chi connectivity index (χ1n) is 4.59. The molecule has 0 amide bonds. The molecule has 0 unspecified atom stereocenters. The topological polar surface area (TPSA) is 44.1 Å². The van der Waals surface area contributed by atoms with Crippen molar-refractivity contribution in [3.8, 4) is 0 Å². The molecule has 0 bridgehead atoms. The molecule has 0 aliphatic heterocycles. The van der Waals surface area contributed by atoms with Crippen molar-refractivity contribution in [2.75, 3.05) is 6.61 Å². The molecule has 0 atom stereocenters. The minimum atomic E-state index is -0.295. The quantitative estimate of drug-likeness (QED) is 0.632. The van der Waals surface area contributed by atoms with Gasteiger partial charge in [-0.05, 0) is 35.9 Å². The zero-order valence-corrected chi connectivity index (χ0v) is 10.4. The predicted molar refractivity (Wildman–Crippen MR) is 61.2 cm³/mol. The van der Waals surface area contributed by atoms with Crippen molar-refractivity contribution in [3.63, 3.8) is 0 Å². The summed E-state index contributed by atoms with van der Waals surface area (Å²) in [5.41, 5.74) is 0.540. The fourth-order valence-electron chi connectivity index (χ4n) is 1.14. The summed E-state index contributed by atoms with van der Waals surface area (Å²) in [5.74, 6) is -0.295. The van der Waals surface area contributed by atoms with E-state index in [0.29, 0.717) is 12.3 Å². The molecule has 0 N–H and O–H groups in total. The second-order valence-electron chi connectivity index (χ2n) is 2.80. The highest BCUT2D eigenvalue weighted by molar-refractivity contribution is 14.1. The van der Waals surface area contributed by atoms with Crippen LogP contribution in [-0.2, 0) is 11.3 Å². The summed E-state index contributed by atoms with van der Waals surface area (Å²) in [6.07, 6.45) is 0.949. The first kappa shape index (κ1) is 11.5. The smallest absolute Gasteiger partial charge is 0.356 e. The van der Waals surface area contributed by atoms with Gasteiger partial charge in [-0.15, -0.1) is 0 Å². The zero-order valence-electron chi connectivity index (χ0n) is 8.29. The van der Waals surface area contributed by atoms with Gasteiger partial charge < -0.3 is 4.74 Å². The normalized spacial score (nSPS) is 10.2. The lowest BCUT2D eigenvalue weighted by molar-refractivity contribution is 0.0511. The van der Waals surface area contributed by atoms with E-state index in [1.807, 2.05) is 6.92 Å². The summed E-state index contributed by atoms with van der Waals surface area (Å²) in [4.78, 5) is 11.5. The van der Waals surface area contributed by atoms with E-state index in [1.165, 1.54) is 0 Å². The van der Waals surface area contributed by atoms with Crippen molar-refractivity contribution in [2.45, 2.75) is 26.8 Å². The Morgan fingerprint density at radius 1 is 1.64 bits per heavy atom. The van der Waals surface area contributed by atoms with Gasteiger partial charge in [0, 0.05) is 12.6 Å². The zero-order chi connectivity index (χ0) is 10.6. The summed E-state index contributed by atoms with van der Waals surface area (Å²) in [6.45, 7) is 4.98. The molecule has 1 heterocycles. The van der Waals surface area contributed by atoms with Crippen LogP contribution in [0.5, 0.6) is 0 Å². The largest absolute Gasteiger partial charge is 0.461 e. The van der Waals surface area contributed by atoms with Gasteiger partial charge in [0.25, 0.3) is 0 Å². The maximum Gasteiger partial charge on any atom is 0.356 e. The molecule has 0 saturated heterocycles. The molecular formula is C9H13IN2O2. The Bertz CT molecular complexity index is 323. The van der Waals surface area contributed by atoms with E-state index < -0.39 is 0 Å². The van der Waals surface area contributed by atoms with Gasteiger partial charge in [0.15, 0.2) is 0 Å². The van der Waals surface area contributed by atoms with Crippen molar-refractivity contribution >= 4 is 28.6 Å². The van der Waals surface area contributed by atoms with Crippen molar-refractivity contribution < 1.29 is 9.53 Å². The monoisotopic (exact) mass is 308 g/mol. The van der Waals surface area contributed by atoms with Crippen molar-refractivity contribution in [2.24, 2.45) is 0 Å². The fourth-order valence-corrected chi connectivity index (χ4v) is 1.69. The number of hydrogen-bond donors (Lipinski definition) is 0. The van der Waals surface area contributed by atoms with Crippen LogP contribution in [0.2, 0.25) is 0 Å². The number of esters is 1. The van der Waals surface area contributed by atoms with E-state index in [0.717, 1.165) is 16.7 Å². The molecular weight excluding hydrogens is 295 g/mol. The SMILES string of the molecule is CCCn1nc(I)cc1C(=O)OCC. The molecule has 0 fully saturated rings. The average molecular weight is 308 g/mol. The number of ether oxygens (including phenoxy) is 1. The van der Waals surface area contributed by atoms with Gasteiger partial charge >= 0.3 is 5.97 Å². The molecule has 0 aromatic carbocycles. The third-order valence-corrected chi connectivity index (χ3v) is 2.20. The van der Waals surface area contributed by atoms with Crippen LogP contribution in [0, 0.1) is 3.70 Å². The van der Waals surface area contributed by atoms with Crippen LogP contribution in [0.1, 0.15) is 30.8 Å². The molecule has 0 aliphatic rings. The van der Waals surface area contributed by atoms with Crippen molar-refractivity contribution in [3.05, 3.63) is 15.5 Å². The Labute approximate surface area is 96.8 Å². The number of aromatic nitrogens is 2. The van der Waals surface area contributed by atoms with Crippen LogP contribution in [0.3, 0.4) is 0 Å². The summed E-state index contributed by atoms with van der Waals surface area (Å²) >= 11 is 2.09. The van der Waals surface area contributed by atoms with Crippen molar-refractivity contribution in [1.82, 2.24) is 9.78 Å².